The summed E-state index contributed by atoms with van der Waals surface area (Å²) in [4.78, 5) is 0. The minimum atomic E-state index is 0.593. The number of hydrogen-bond donors (Lipinski definition) is 0. The summed E-state index contributed by atoms with van der Waals surface area (Å²) in [6.45, 7) is 5.69. The van der Waals surface area contributed by atoms with Gasteiger partial charge in [0.2, 0.25) is 0 Å². The van der Waals surface area contributed by atoms with E-state index in [9.17, 15) is 0 Å². The van der Waals surface area contributed by atoms with E-state index in [1.54, 1.807) is 0 Å². The molecule has 2 saturated carbocycles. The van der Waals surface area contributed by atoms with Gasteiger partial charge in [-0.25, -0.2) is 0 Å². The summed E-state index contributed by atoms with van der Waals surface area (Å²) in [6, 6.07) is 0. The quantitative estimate of drug-likeness (QED) is 0.388. The number of unbranched alkanes of at least 4 members (excludes halogenated alkanes) is 3. The predicted molar refractivity (Wildman–Crippen MR) is 101 cm³/mol. The molecule has 1 heteroatoms. The van der Waals surface area contributed by atoms with Crippen molar-refractivity contribution in [3.05, 3.63) is 0 Å². The maximum Gasteiger partial charge on any atom is 0.0575 e. The molecule has 0 aromatic heterocycles. The average Bonchev–Trinajstić information content (AvgIpc) is 2.60. The molecule has 2 fully saturated rings. The van der Waals surface area contributed by atoms with E-state index < -0.39 is 0 Å². The van der Waals surface area contributed by atoms with Gasteiger partial charge in [0.25, 0.3) is 0 Å². The Morgan fingerprint density at radius 3 is 1.74 bits per heavy atom. The molecule has 2 aliphatic carbocycles. The number of rotatable bonds is 10. The Hall–Kier alpha value is -0.0400. The van der Waals surface area contributed by atoms with Gasteiger partial charge in [-0.2, -0.15) is 0 Å². The highest BCUT2D eigenvalue weighted by molar-refractivity contribution is 4.76. The lowest BCUT2D eigenvalue weighted by molar-refractivity contribution is -0.0104. The maximum absolute atomic E-state index is 6.31. The Balaban J connectivity index is 1.51. The van der Waals surface area contributed by atoms with Crippen molar-refractivity contribution in [1.29, 1.82) is 0 Å². The Morgan fingerprint density at radius 2 is 1.13 bits per heavy atom. The second kappa shape index (κ2) is 11.5. The summed E-state index contributed by atoms with van der Waals surface area (Å²) >= 11 is 0. The highest BCUT2D eigenvalue weighted by Crippen LogP contribution is 2.34. The summed E-state index contributed by atoms with van der Waals surface area (Å²) in [5.41, 5.74) is 0. The van der Waals surface area contributed by atoms with Gasteiger partial charge in [-0.1, -0.05) is 71.6 Å². The van der Waals surface area contributed by atoms with Crippen LogP contribution in [-0.2, 0) is 4.74 Å². The van der Waals surface area contributed by atoms with Crippen LogP contribution >= 0.6 is 0 Å². The van der Waals surface area contributed by atoms with Crippen LogP contribution in [0.4, 0.5) is 0 Å². The number of ether oxygens (including phenoxy) is 1. The van der Waals surface area contributed by atoms with Gasteiger partial charge in [-0.15, -0.1) is 0 Å². The maximum atomic E-state index is 6.31. The van der Waals surface area contributed by atoms with Crippen molar-refractivity contribution in [3.63, 3.8) is 0 Å². The summed E-state index contributed by atoms with van der Waals surface area (Å²) in [7, 11) is 0. The summed E-state index contributed by atoms with van der Waals surface area (Å²) in [5.74, 6) is 2.91. The highest BCUT2D eigenvalue weighted by Gasteiger charge is 2.24. The first-order valence-electron chi connectivity index (χ1n) is 10.9. The molecule has 2 aliphatic rings. The highest BCUT2D eigenvalue weighted by atomic mass is 16.5. The minimum absolute atomic E-state index is 0.593. The van der Waals surface area contributed by atoms with E-state index in [0.717, 1.165) is 24.4 Å². The van der Waals surface area contributed by atoms with Crippen LogP contribution in [0, 0.1) is 17.8 Å². The molecule has 0 radical (unpaired) electrons. The van der Waals surface area contributed by atoms with Gasteiger partial charge in [0, 0.05) is 6.61 Å². The normalized spacial score (nSPS) is 32.1. The van der Waals surface area contributed by atoms with Crippen molar-refractivity contribution >= 4 is 0 Å². The fraction of sp³-hybridized carbons (Fsp3) is 1.00. The summed E-state index contributed by atoms with van der Waals surface area (Å²) in [5, 5.41) is 0. The minimum Gasteiger partial charge on any atom is -0.378 e. The van der Waals surface area contributed by atoms with Gasteiger partial charge in [-0.3, -0.25) is 0 Å². The third-order valence-corrected chi connectivity index (χ3v) is 6.51. The molecule has 136 valence electrons. The third-order valence-electron chi connectivity index (χ3n) is 6.51. The van der Waals surface area contributed by atoms with Crippen LogP contribution in [0.2, 0.25) is 0 Å². The van der Waals surface area contributed by atoms with Gasteiger partial charge in [0.15, 0.2) is 0 Å². The molecule has 0 unspecified atom stereocenters. The molecule has 0 bridgehead atoms. The average molecular weight is 323 g/mol. The molecule has 0 aromatic carbocycles. The van der Waals surface area contributed by atoms with Crippen LogP contribution < -0.4 is 0 Å². The van der Waals surface area contributed by atoms with Crippen LogP contribution in [0.15, 0.2) is 0 Å². The van der Waals surface area contributed by atoms with Crippen LogP contribution in [0.3, 0.4) is 0 Å². The van der Waals surface area contributed by atoms with Crippen molar-refractivity contribution in [1.82, 2.24) is 0 Å². The van der Waals surface area contributed by atoms with E-state index in [-0.39, 0.29) is 0 Å². The molecule has 1 nitrogen and oxygen atoms in total. The first-order valence-corrected chi connectivity index (χ1v) is 10.9. The van der Waals surface area contributed by atoms with Gasteiger partial charge in [0.1, 0.15) is 0 Å². The molecule has 23 heavy (non-hydrogen) atoms. The van der Waals surface area contributed by atoms with E-state index in [1.807, 2.05) is 0 Å². The second-order valence-corrected chi connectivity index (χ2v) is 8.50. The largest absolute Gasteiger partial charge is 0.378 e. The Morgan fingerprint density at radius 1 is 0.609 bits per heavy atom. The molecule has 0 N–H and O–H groups in total. The van der Waals surface area contributed by atoms with Gasteiger partial charge >= 0.3 is 0 Å². The zero-order valence-corrected chi connectivity index (χ0v) is 16.0. The van der Waals surface area contributed by atoms with E-state index >= 15 is 0 Å². The Bertz CT molecular complexity index is 272. The van der Waals surface area contributed by atoms with Crippen molar-refractivity contribution in [2.75, 3.05) is 6.61 Å². The van der Waals surface area contributed by atoms with E-state index in [4.69, 9.17) is 4.74 Å². The summed E-state index contributed by atoms with van der Waals surface area (Å²) < 4.78 is 6.31. The molecule has 2 rings (SSSR count). The van der Waals surface area contributed by atoms with Crippen molar-refractivity contribution in [2.45, 2.75) is 116 Å². The molecule has 0 aliphatic heterocycles. The molecule has 0 saturated heterocycles. The van der Waals surface area contributed by atoms with Crippen molar-refractivity contribution < 1.29 is 4.74 Å². The number of hydrogen-bond acceptors (Lipinski definition) is 1. The predicted octanol–water partition coefficient (Wildman–Crippen LogP) is 7.14. The fourth-order valence-electron chi connectivity index (χ4n) is 4.72. The molecule has 0 aromatic rings. The first-order chi connectivity index (χ1) is 11.3. The zero-order valence-electron chi connectivity index (χ0n) is 16.0. The van der Waals surface area contributed by atoms with Gasteiger partial charge in [0.05, 0.1) is 6.10 Å². The third kappa shape index (κ3) is 7.59. The summed E-state index contributed by atoms with van der Waals surface area (Å²) in [6.07, 6.45) is 21.9. The molecular formula is C22H42O. The van der Waals surface area contributed by atoms with E-state index in [1.165, 1.54) is 96.3 Å². The van der Waals surface area contributed by atoms with Crippen LogP contribution in [0.25, 0.3) is 0 Å². The lowest BCUT2D eigenvalue weighted by Gasteiger charge is -2.32. The molecule has 0 amide bonds. The van der Waals surface area contributed by atoms with Crippen molar-refractivity contribution in [2.24, 2.45) is 17.8 Å². The van der Waals surface area contributed by atoms with Gasteiger partial charge in [-0.05, 0) is 56.3 Å². The first kappa shape index (κ1) is 19.3. The zero-order chi connectivity index (χ0) is 16.3. The Labute approximate surface area is 146 Å². The smallest absolute Gasteiger partial charge is 0.0575 e. The van der Waals surface area contributed by atoms with Crippen LogP contribution in [-0.4, -0.2) is 12.7 Å². The molecule has 0 atom stereocenters. The Kier molecular flexibility index (Phi) is 9.65. The monoisotopic (exact) mass is 322 g/mol. The van der Waals surface area contributed by atoms with Crippen LogP contribution in [0.5, 0.6) is 0 Å². The fourth-order valence-corrected chi connectivity index (χ4v) is 4.72. The standard InChI is InChI=1S/C22H42O/c1-3-5-7-9-20-10-12-21(13-11-20)18-23-22-16-14-19(15-17-22)8-6-4-2/h19-22H,3-18H2,1-2H3. The molecule has 0 spiro atoms. The van der Waals surface area contributed by atoms with Gasteiger partial charge < -0.3 is 4.74 Å². The lowest BCUT2D eigenvalue weighted by Crippen LogP contribution is -2.26. The topological polar surface area (TPSA) is 9.23 Å². The van der Waals surface area contributed by atoms with Crippen LogP contribution in [0.1, 0.15) is 110 Å². The SMILES string of the molecule is CCCCCC1CCC(COC2CCC(CCCC)CC2)CC1. The molecular weight excluding hydrogens is 280 g/mol. The molecule has 0 heterocycles. The lowest BCUT2D eigenvalue weighted by atomic mass is 9.80. The van der Waals surface area contributed by atoms with Crippen molar-refractivity contribution in [3.8, 4) is 0 Å². The van der Waals surface area contributed by atoms with E-state index in [2.05, 4.69) is 13.8 Å². The second-order valence-electron chi connectivity index (χ2n) is 8.50. The van der Waals surface area contributed by atoms with E-state index in [0.29, 0.717) is 6.10 Å².